The molecule has 188 valence electrons. The highest BCUT2D eigenvalue weighted by atomic mass is 14.9. The Balaban J connectivity index is 3.87. The third-order valence-electron chi connectivity index (χ3n) is 6.80. The van der Waals surface area contributed by atoms with Crippen molar-refractivity contribution in [2.24, 2.45) is 35.3 Å². The van der Waals surface area contributed by atoms with Crippen molar-refractivity contribution in [2.75, 3.05) is 58.9 Å². The Morgan fingerprint density at radius 3 is 1.52 bits per heavy atom. The second kappa shape index (κ2) is 21.6. The van der Waals surface area contributed by atoms with E-state index in [0.29, 0.717) is 11.8 Å². The molecule has 0 saturated carbocycles. The summed E-state index contributed by atoms with van der Waals surface area (Å²) in [5.74, 6) is 3.63. The van der Waals surface area contributed by atoms with Crippen LogP contribution in [0, 0.1) is 29.6 Å². The van der Waals surface area contributed by atoms with Crippen molar-refractivity contribution >= 4 is 0 Å². The fourth-order valence-electron chi connectivity index (χ4n) is 3.96. The zero-order valence-electron chi connectivity index (χ0n) is 22.1. The van der Waals surface area contributed by atoms with Crippen LogP contribution in [0.15, 0.2) is 0 Å². The van der Waals surface area contributed by atoms with Gasteiger partial charge in [0.2, 0.25) is 0 Å². The summed E-state index contributed by atoms with van der Waals surface area (Å²) < 4.78 is 0. The van der Waals surface area contributed by atoms with E-state index in [9.17, 15) is 0 Å². The van der Waals surface area contributed by atoms with Crippen LogP contribution in [-0.2, 0) is 0 Å². The Labute approximate surface area is 195 Å². The molecule has 0 bridgehead atoms. The number of hydrogen-bond donors (Lipinski definition) is 5. The van der Waals surface area contributed by atoms with Crippen LogP contribution in [0.2, 0.25) is 0 Å². The van der Waals surface area contributed by atoms with Crippen LogP contribution in [0.4, 0.5) is 0 Å². The van der Waals surface area contributed by atoms with Crippen LogP contribution in [0.25, 0.3) is 0 Å². The van der Waals surface area contributed by atoms with Gasteiger partial charge in [-0.2, -0.15) is 0 Å². The van der Waals surface area contributed by atoms with E-state index in [1.165, 1.54) is 38.5 Å². The summed E-state index contributed by atoms with van der Waals surface area (Å²) in [6, 6.07) is 0. The second-order valence-electron chi connectivity index (χ2n) is 10.1. The van der Waals surface area contributed by atoms with Crippen LogP contribution in [0.5, 0.6) is 0 Å². The van der Waals surface area contributed by atoms with Gasteiger partial charge in [-0.05, 0) is 94.7 Å². The average Bonchev–Trinajstić information content (AvgIpc) is 2.78. The lowest BCUT2D eigenvalue weighted by atomic mass is 9.86. The van der Waals surface area contributed by atoms with Crippen molar-refractivity contribution in [1.29, 1.82) is 0 Å². The van der Waals surface area contributed by atoms with Gasteiger partial charge in [0.25, 0.3) is 0 Å². The predicted molar refractivity (Wildman–Crippen MR) is 140 cm³/mol. The number of nitrogens with one attached hydrogen (secondary N) is 4. The molecule has 0 aliphatic carbocycles. The van der Waals surface area contributed by atoms with Crippen molar-refractivity contribution in [2.45, 2.75) is 80.1 Å². The molecule has 0 aromatic carbocycles. The Morgan fingerprint density at radius 2 is 1.03 bits per heavy atom. The summed E-state index contributed by atoms with van der Waals surface area (Å²) >= 11 is 0. The van der Waals surface area contributed by atoms with Gasteiger partial charge in [0.15, 0.2) is 0 Å². The molecule has 5 atom stereocenters. The van der Waals surface area contributed by atoms with E-state index >= 15 is 0 Å². The van der Waals surface area contributed by atoms with E-state index in [4.69, 9.17) is 5.73 Å². The smallest absolute Gasteiger partial charge is 0.00768 e. The van der Waals surface area contributed by atoms with Gasteiger partial charge in [-0.1, -0.05) is 60.8 Å². The summed E-state index contributed by atoms with van der Waals surface area (Å²) in [5.41, 5.74) is 6.15. The van der Waals surface area contributed by atoms with Gasteiger partial charge in [-0.25, -0.2) is 0 Å². The third kappa shape index (κ3) is 19.0. The molecule has 0 aromatic rings. The van der Waals surface area contributed by atoms with Gasteiger partial charge < -0.3 is 27.0 Å². The molecule has 0 spiro atoms. The highest BCUT2D eigenvalue weighted by Gasteiger charge is 2.17. The molecule has 31 heavy (non-hydrogen) atoms. The van der Waals surface area contributed by atoms with E-state index in [-0.39, 0.29) is 0 Å². The van der Waals surface area contributed by atoms with Gasteiger partial charge in [-0.15, -0.1) is 0 Å². The number of rotatable bonds is 23. The molecule has 0 aromatic heterocycles. The first-order valence-electron chi connectivity index (χ1n) is 13.5. The number of nitrogens with two attached hydrogens (primary N) is 1. The first-order chi connectivity index (χ1) is 15.0. The minimum atomic E-state index is 0.643. The van der Waals surface area contributed by atoms with Gasteiger partial charge in [0.05, 0.1) is 0 Å². The van der Waals surface area contributed by atoms with Gasteiger partial charge in [-0.3, -0.25) is 0 Å². The summed E-state index contributed by atoms with van der Waals surface area (Å²) in [6.07, 6.45) is 7.46. The Morgan fingerprint density at radius 1 is 0.548 bits per heavy atom. The van der Waals surface area contributed by atoms with Crippen LogP contribution >= 0.6 is 0 Å². The van der Waals surface area contributed by atoms with E-state index in [2.05, 4.69) is 62.8 Å². The van der Waals surface area contributed by atoms with Crippen LogP contribution in [0.1, 0.15) is 80.1 Å². The fraction of sp³-hybridized carbons (Fsp3) is 1.00. The monoisotopic (exact) mass is 441 g/mol. The van der Waals surface area contributed by atoms with E-state index < -0.39 is 0 Å². The van der Waals surface area contributed by atoms with Crippen LogP contribution < -0.4 is 27.0 Å². The topological polar surface area (TPSA) is 74.1 Å². The molecule has 0 rings (SSSR count). The second-order valence-corrected chi connectivity index (χ2v) is 10.1. The molecule has 6 N–H and O–H groups in total. The molecule has 0 saturated heterocycles. The lowest BCUT2D eigenvalue weighted by Gasteiger charge is -2.25. The SMILES string of the molecule is CCC(C)CNCCCNCC(CC)CC(CN)CC(C)CNCCNCC(C)CC. The maximum atomic E-state index is 6.15. The largest absolute Gasteiger partial charge is 0.330 e. The quantitative estimate of drug-likeness (QED) is 0.156. The maximum absolute atomic E-state index is 6.15. The van der Waals surface area contributed by atoms with Gasteiger partial charge >= 0.3 is 0 Å². The van der Waals surface area contributed by atoms with Gasteiger partial charge in [0.1, 0.15) is 0 Å². The minimum Gasteiger partial charge on any atom is -0.330 e. The Hall–Kier alpha value is -0.200. The summed E-state index contributed by atoms with van der Waals surface area (Å²) in [5, 5.41) is 14.4. The average molecular weight is 442 g/mol. The van der Waals surface area contributed by atoms with Gasteiger partial charge in [0, 0.05) is 13.1 Å². The summed E-state index contributed by atoms with van der Waals surface area (Å²) in [7, 11) is 0. The molecule has 5 unspecified atom stereocenters. The third-order valence-corrected chi connectivity index (χ3v) is 6.80. The highest BCUT2D eigenvalue weighted by Crippen LogP contribution is 2.21. The Bertz CT molecular complexity index is 366. The molecule has 0 radical (unpaired) electrons. The molecular formula is C26H59N5. The Kier molecular flexibility index (Phi) is 21.5. The van der Waals surface area contributed by atoms with Crippen molar-refractivity contribution < 1.29 is 0 Å². The highest BCUT2D eigenvalue weighted by molar-refractivity contribution is 4.72. The zero-order valence-corrected chi connectivity index (χ0v) is 22.1. The lowest BCUT2D eigenvalue weighted by molar-refractivity contribution is 0.299. The predicted octanol–water partition coefficient (Wildman–Crippen LogP) is 3.84. The van der Waals surface area contributed by atoms with E-state index in [1.807, 2.05) is 0 Å². The molecule has 5 heteroatoms. The van der Waals surface area contributed by atoms with Crippen molar-refractivity contribution in [3.05, 3.63) is 0 Å². The summed E-state index contributed by atoms with van der Waals surface area (Å²) in [4.78, 5) is 0. The molecule has 5 nitrogen and oxygen atoms in total. The summed E-state index contributed by atoms with van der Waals surface area (Å²) in [6.45, 7) is 23.5. The lowest BCUT2D eigenvalue weighted by Crippen LogP contribution is -2.33. The van der Waals surface area contributed by atoms with Crippen molar-refractivity contribution in [3.63, 3.8) is 0 Å². The normalized spacial score (nSPS) is 16.7. The van der Waals surface area contributed by atoms with Crippen molar-refractivity contribution in [3.8, 4) is 0 Å². The zero-order chi connectivity index (χ0) is 23.3. The van der Waals surface area contributed by atoms with Crippen LogP contribution in [-0.4, -0.2) is 58.9 Å². The van der Waals surface area contributed by atoms with E-state index in [1.54, 1.807) is 0 Å². The van der Waals surface area contributed by atoms with Crippen LogP contribution in [0.3, 0.4) is 0 Å². The molecule has 0 heterocycles. The molecule has 0 amide bonds. The first-order valence-corrected chi connectivity index (χ1v) is 13.5. The number of hydrogen-bond acceptors (Lipinski definition) is 5. The standard InChI is InChI=1S/C26H59N5/c1-7-22(4)18-28-11-10-12-29-21-25(9-3)16-26(17-27)15-24(6)20-31-14-13-30-19-23(5)8-2/h22-26,28-31H,7-21,27H2,1-6H3. The van der Waals surface area contributed by atoms with E-state index in [0.717, 1.165) is 76.7 Å². The molecule has 0 fully saturated rings. The maximum Gasteiger partial charge on any atom is 0.00768 e. The fourth-order valence-corrected chi connectivity index (χ4v) is 3.96. The minimum absolute atomic E-state index is 0.643. The molecular weight excluding hydrogens is 382 g/mol. The molecule has 0 aliphatic rings. The van der Waals surface area contributed by atoms with Crippen molar-refractivity contribution in [1.82, 2.24) is 21.3 Å². The molecule has 0 aliphatic heterocycles. The first kappa shape index (κ1) is 30.8.